The van der Waals surface area contributed by atoms with Crippen LogP contribution < -0.4 is 16.8 Å². The zero-order chi connectivity index (χ0) is 29.0. The van der Waals surface area contributed by atoms with Crippen molar-refractivity contribution in [3.8, 4) is 0 Å². The van der Waals surface area contributed by atoms with E-state index in [1.54, 1.807) is 24.0 Å². The van der Waals surface area contributed by atoms with Crippen LogP contribution in [-0.4, -0.2) is 90.0 Å². The lowest BCUT2D eigenvalue weighted by atomic mass is 10.0. The summed E-state index contributed by atoms with van der Waals surface area (Å²) in [6.45, 7) is 5.86. The molecule has 0 saturated carbocycles. The molecule has 1 saturated heterocycles. The second-order valence-electron chi connectivity index (χ2n) is 8.55. The molecule has 14 nitrogen and oxygen atoms in total. The SMILES string of the molecule is C=CCN1C(SCC2=C(C(=O)O)N3C(=O)C(NC(=O)C(=NOC=CC)c4csc(N)n4)[C@@H]3SC2)=NC(=N)CC1N. The van der Waals surface area contributed by atoms with Crippen LogP contribution in [0.1, 0.15) is 19.0 Å². The molecule has 40 heavy (non-hydrogen) atoms. The number of β-lactam (4-membered cyclic amide) rings is 1. The highest BCUT2D eigenvalue weighted by Crippen LogP contribution is 2.41. The highest BCUT2D eigenvalue weighted by molar-refractivity contribution is 8.14. The van der Waals surface area contributed by atoms with E-state index in [-0.39, 0.29) is 40.2 Å². The Morgan fingerprint density at radius 1 is 1.48 bits per heavy atom. The number of nitrogens with one attached hydrogen (secondary N) is 2. The number of hydrogen-bond donors (Lipinski definition) is 5. The van der Waals surface area contributed by atoms with Crippen molar-refractivity contribution in [2.45, 2.75) is 30.9 Å². The van der Waals surface area contributed by atoms with Crippen molar-refractivity contribution in [3.05, 3.63) is 47.3 Å². The molecule has 0 spiro atoms. The summed E-state index contributed by atoms with van der Waals surface area (Å²) in [5.74, 6) is -1.87. The van der Waals surface area contributed by atoms with E-state index >= 15 is 0 Å². The Labute approximate surface area is 241 Å². The van der Waals surface area contributed by atoms with Crippen LogP contribution in [0.15, 0.2) is 51.8 Å². The minimum atomic E-state index is -1.25. The monoisotopic (exact) mass is 605 g/mol. The van der Waals surface area contributed by atoms with Gasteiger partial charge in [0.25, 0.3) is 11.8 Å². The molecule has 17 heteroatoms. The van der Waals surface area contributed by atoms with Crippen LogP contribution in [0.4, 0.5) is 5.13 Å². The standard InChI is InChI=1S/C23H27N9O5S3/c1-3-5-31-14(25)7-13(24)28-23(31)40-9-11-8-38-20-16(19(34)32(20)17(11)21(35)36)29-18(33)15(30-37-6-4-2)12-10-39-22(26)27-12/h3-4,6,10,14,16,20,24H,1,5,7-9,25H2,2H3,(H2,26,27)(H,29,33)(H,35,36)/t14?,16?,20-/m0/s1. The molecule has 3 aliphatic rings. The molecule has 212 valence electrons. The van der Waals surface area contributed by atoms with Crippen molar-refractivity contribution in [1.29, 1.82) is 5.41 Å². The maximum Gasteiger partial charge on any atom is 0.352 e. The van der Waals surface area contributed by atoms with Gasteiger partial charge in [-0.3, -0.25) is 19.9 Å². The number of nitrogen functional groups attached to an aromatic ring is 1. The van der Waals surface area contributed by atoms with Crippen LogP contribution in [0.5, 0.6) is 0 Å². The van der Waals surface area contributed by atoms with Crippen LogP contribution in [0.3, 0.4) is 0 Å². The number of nitrogens with zero attached hydrogens (tertiary/aromatic N) is 5. The van der Waals surface area contributed by atoms with Crippen molar-refractivity contribution in [3.63, 3.8) is 0 Å². The lowest BCUT2D eigenvalue weighted by Gasteiger charge is -2.49. The minimum absolute atomic E-state index is 0.129. The van der Waals surface area contributed by atoms with Gasteiger partial charge >= 0.3 is 5.97 Å². The minimum Gasteiger partial charge on any atom is -0.477 e. The molecule has 2 unspecified atom stereocenters. The molecule has 4 heterocycles. The summed E-state index contributed by atoms with van der Waals surface area (Å²) in [5, 5.41) is 26.0. The second kappa shape index (κ2) is 12.7. The third kappa shape index (κ3) is 6.06. The highest BCUT2D eigenvalue weighted by Gasteiger charge is 2.54. The number of rotatable bonds is 10. The van der Waals surface area contributed by atoms with Crippen LogP contribution in [0.25, 0.3) is 0 Å². The number of aliphatic imine (C=N–C) groups is 1. The predicted molar refractivity (Wildman–Crippen MR) is 156 cm³/mol. The number of aliphatic carboxylic acids is 1. The van der Waals surface area contributed by atoms with E-state index in [1.165, 1.54) is 40.1 Å². The summed E-state index contributed by atoms with van der Waals surface area (Å²) in [7, 11) is 0. The third-order valence-corrected chi connectivity index (χ3v) is 8.93. The Morgan fingerprint density at radius 3 is 2.90 bits per heavy atom. The molecular formula is C23H27N9O5S3. The number of anilines is 1. The van der Waals surface area contributed by atoms with E-state index in [0.29, 0.717) is 23.0 Å². The molecule has 0 bridgehead atoms. The fourth-order valence-corrected chi connectivity index (χ4v) is 7.16. The largest absolute Gasteiger partial charge is 0.477 e. The molecule has 1 aromatic heterocycles. The van der Waals surface area contributed by atoms with Crippen LogP contribution in [0, 0.1) is 5.41 Å². The first-order valence-electron chi connectivity index (χ1n) is 11.9. The molecule has 2 amide bonds. The van der Waals surface area contributed by atoms with Gasteiger partial charge in [0.2, 0.25) is 0 Å². The Balaban J connectivity index is 1.50. The molecule has 4 rings (SSSR count). The predicted octanol–water partition coefficient (Wildman–Crippen LogP) is 0.961. The van der Waals surface area contributed by atoms with Gasteiger partial charge in [-0.05, 0) is 18.6 Å². The zero-order valence-corrected chi connectivity index (χ0v) is 23.7. The van der Waals surface area contributed by atoms with Crippen molar-refractivity contribution in [2.75, 3.05) is 23.8 Å². The summed E-state index contributed by atoms with van der Waals surface area (Å²) < 4.78 is 0. The normalized spacial score (nSPS) is 23.1. The molecule has 3 atom stereocenters. The van der Waals surface area contributed by atoms with E-state index in [0.717, 1.165) is 11.3 Å². The van der Waals surface area contributed by atoms with Gasteiger partial charge in [-0.15, -0.1) is 29.7 Å². The van der Waals surface area contributed by atoms with E-state index in [4.69, 9.17) is 21.7 Å². The van der Waals surface area contributed by atoms with E-state index in [2.05, 4.69) is 27.0 Å². The fraction of sp³-hybridized carbons (Fsp3) is 0.348. The summed E-state index contributed by atoms with van der Waals surface area (Å²) >= 11 is 3.69. The summed E-state index contributed by atoms with van der Waals surface area (Å²) in [5.41, 5.74) is 12.2. The number of amides is 2. The van der Waals surface area contributed by atoms with Gasteiger partial charge in [0, 0.05) is 29.9 Å². The third-order valence-electron chi connectivity index (χ3n) is 5.84. The smallest absolute Gasteiger partial charge is 0.352 e. The van der Waals surface area contributed by atoms with Crippen molar-refractivity contribution < 1.29 is 24.3 Å². The number of carbonyl (C=O) groups excluding carboxylic acids is 2. The van der Waals surface area contributed by atoms with Gasteiger partial charge in [0.05, 0.1) is 6.17 Å². The maximum absolute atomic E-state index is 13.1. The van der Waals surface area contributed by atoms with Crippen molar-refractivity contribution in [2.24, 2.45) is 15.9 Å². The van der Waals surface area contributed by atoms with Crippen molar-refractivity contribution in [1.82, 2.24) is 20.1 Å². The van der Waals surface area contributed by atoms with Gasteiger partial charge in [-0.2, -0.15) is 0 Å². The number of allylic oxidation sites excluding steroid dienone is 1. The first-order valence-corrected chi connectivity index (χ1v) is 14.8. The number of amidine groups is 2. The number of aromatic nitrogens is 1. The molecule has 0 aromatic carbocycles. The summed E-state index contributed by atoms with van der Waals surface area (Å²) in [6.07, 6.45) is 4.37. The molecule has 0 aliphatic carbocycles. The van der Waals surface area contributed by atoms with E-state index < -0.39 is 35.4 Å². The molecule has 1 fully saturated rings. The Hall–Kier alpha value is -3.67. The average Bonchev–Trinajstić information content (AvgIpc) is 3.34. The van der Waals surface area contributed by atoms with Crippen LogP contribution in [-0.2, 0) is 19.2 Å². The number of hydrogen-bond acceptors (Lipinski definition) is 13. The zero-order valence-electron chi connectivity index (χ0n) is 21.3. The lowest BCUT2D eigenvalue weighted by Crippen LogP contribution is -2.71. The number of carboxylic acids is 1. The Bertz CT molecular complexity index is 1350. The average molecular weight is 606 g/mol. The van der Waals surface area contributed by atoms with Crippen LogP contribution >= 0.6 is 34.9 Å². The number of carbonyl (C=O) groups is 3. The highest BCUT2D eigenvalue weighted by atomic mass is 32.2. The first kappa shape index (κ1) is 29.3. The van der Waals surface area contributed by atoms with Crippen molar-refractivity contribution >= 4 is 74.5 Å². The number of fused-ring (bicyclic) bond motifs is 1. The lowest BCUT2D eigenvalue weighted by molar-refractivity contribution is -0.150. The van der Waals surface area contributed by atoms with E-state index in [9.17, 15) is 19.5 Å². The van der Waals surface area contributed by atoms with Gasteiger partial charge in [0.1, 0.15) is 34.9 Å². The number of oxime groups is 1. The first-order chi connectivity index (χ1) is 19.2. The van der Waals surface area contributed by atoms with Gasteiger partial charge in [-0.1, -0.05) is 23.0 Å². The summed E-state index contributed by atoms with van der Waals surface area (Å²) in [6, 6.07) is -0.978. The number of thioether (sulfide) groups is 2. The molecule has 0 radical (unpaired) electrons. The van der Waals surface area contributed by atoms with Gasteiger partial charge in [0.15, 0.2) is 16.0 Å². The molecule has 1 aromatic rings. The van der Waals surface area contributed by atoms with E-state index in [1.807, 2.05) is 0 Å². The molecule has 7 N–H and O–H groups in total. The number of thiazole rings is 1. The fourth-order valence-electron chi connectivity index (χ4n) is 4.04. The van der Waals surface area contributed by atoms with Gasteiger partial charge < -0.3 is 31.6 Å². The maximum atomic E-state index is 13.1. The topological polar surface area (TPSA) is 213 Å². The van der Waals surface area contributed by atoms with Gasteiger partial charge in [-0.25, -0.2) is 14.8 Å². The second-order valence-corrected chi connectivity index (χ2v) is 11.5. The number of carboxylic acid groups (broad SMARTS) is 1. The quantitative estimate of drug-likeness (QED) is 0.0833. The van der Waals surface area contributed by atoms with Crippen LogP contribution in [0.2, 0.25) is 0 Å². The Morgan fingerprint density at radius 2 is 2.25 bits per heavy atom. The Kier molecular flexibility index (Phi) is 9.28. The molecular weight excluding hydrogens is 579 g/mol. The summed E-state index contributed by atoms with van der Waals surface area (Å²) in [4.78, 5) is 54.8. The number of nitrogens with two attached hydrogens (primary N) is 2. The molecule has 3 aliphatic heterocycles.